The van der Waals surface area contributed by atoms with Gasteiger partial charge in [-0.05, 0) is 131 Å². The van der Waals surface area contributed by atoms with E-state index in [2.05, 4.69) is 191 Å². The molecule has 3 nitrogen and oxygen atoms in total. The first-order chi connectivity index (χ1) is 28.3. The number of aromatic nitrogens is 2. The van der Waals surface area contributed by atoms with Crippen molar-refractivity contribution >= 4 is 38.6 Å². The van der Waals surface area contributed by atoms with Crippen molar-refractivity contribution in [2.45, 2.75) is 0 Å². The number of anilines is 3. The van der Waals surface area contributed by atoms with Gasteiger partial charge in [0.1, 0.15) is 0 Å². The van der Waals surface area contributed by atoms with Gasteiger partial charge in [-0.3, -0.25) is 9.97 Å². The molecule has 0 bridgehead atoms. The number of rotatable bonds is 7. The third kappa shape index (κ3) is 5.43. The molecule has 0 saturated carbocycles. The van der Waals surface area contributed by atoms with E-state index in [0.29, 0.717) is 0 Å². The maximum absolute atomic E-state index is 4.52. The Kier molecular flexibility index (Phi) is 7.82. The van der Waals surface area contributed by atoms with Crippen molar-refractivity contribution in [1.82, 2.24) is 9.97 Å². The first-order valence-electron chi connectivity index (χ1n) is 19.4. The van der Waals surface area contributed by atoms with E-state index in [0.717, 1.165) is 33.8 Å². The predicted molar refractivity (Wildman–Crippen MR) is 238 cm³/mol. The molecule has 0 N–H and O–H groups in total. The maximum atomic E-state index is 4.52. The van der Waals surface area contributed by atoms with Crippen LogP contribution in [0, 0.1) is 0 Å². The summed E-state index contributed by atoms with van der Waals surface area (Å²) in [4.78, 5) is 11.1. The zero-order valence-corrected chi connectivity index (χ0v) is 31.0. The van der Waals surface area contributed by atoms with Crippen molar-refractivity contribution in [2.75, 3.05) is 4.90 Å². The molecule has 8 aromatic carbocycles. The van der Waals surface area contributed by atoms with Gasteiger partial charge in [-0.25, -0.2) is 0 Å². The minimum absolute atomic E-state index is 0.994. The highest BCUT2D eigenvalue weighted by Gasteiger charge is 2.31. The van der Waals surface area contributed by atoms with Crippen molar-refractivity contribution in [3.63, 3.8) is 0 Å². The Morgan fingerprint density at radius 2 is 0.842 bits per heavy atom. The molecule has 0 atom stereocenters. The molecule has 11 rings (SSSR count). The predicted octanol–water partition coefficient (Wildman–Crippen LogP) is 14.6. The SMILES string of the molecule is c1ccc(-c2c3c(c(-c4ccccc4)c4ccccc24)-c2ccc(-c4cccc(N(c5ccc(-c6cccnc6)cc5)c5cccnc5)c4)c4cccc-3c24)cc1. The summed E-state index contributed by atoms with van der Waals surface area (Å²) < 4.78 is 0. The van der Waals surface area contributed by atoms with Crippen LogP contribution in [0.4, 0.5) is 17.1 Å². The van der Waals surface area contributed by atoms with Crippen molar-refractivity contribution in [3.8, 4) is 66.8 Å². The lowest BCUT2D eigenvalue weighted by Gasteiger charge is -2.26. The average Bonchev–Trinajstić information content (AvgIpc) is 3.62. The van der Waals surface area contributed by atoms with Crippen LogP contribution < -0.4 is 4.90 Å². The molecule has 0 amide bonds. The molecule has 1 aliphatic carbocycles. The fourth-order valence-electron chi connectivity index (χ4n) is 8.94. The molecule has 0 unspecified atom stereocenters. The fraction of sp³-hybridized carbons (Fsp3) is 0. The van der Waals surface area contributed by atoms with E-state index in [1.165, 1.54) is 71.6 Å². The first kappa shape index (κ1) is 32.8. The topological polar surface area (TPSA) is 29.0 Å². The van der Waals surface area contributed by atoms with Gasteiger partial charge in [-0.1, -0.05) is 146 Å². The van der Waals surface area contributed by atoms with Crippen LogP contribution in [0.1, 0.15) is 0 Å². The Morgan fingerprint density at radius 3 is 1.49 bits per heavy atom. The first-order valence-corrected chi connectivity index (χ1v) is 19.4. The largest absolute Gasteiger partial charge is 0.309 e. The molecular weight excluding hydrogens is 691 g/mol. The molecule has 0 radical (unpaired) electrons. The summed E-state index contributed by atoms with van der Waals surface area (Å²) in [6.45, 7) is 0. The number of fused-ring (bicyclic) bond motifs is 4. The Labute approximate surface area is 331 Å². The third-order valence-corrected chi connectivity index (χ3v) is 11.4. The standard InChI is InChI=1S/C54H35N3/c1-3-13-37(14-4-1)50-46-21-7-8-22-47(46)51(38-15-5-2-6-16-38)54-49-30-29-44(45-23-10-24-48(52(45)49)53(50)54)39-17-9-19-42(33-39)57(43-20-12-32-56-35-43)41-27-25-36(26-28-41)40-18-11-31-55-34-40/h1-35H. The molecule has 0 fully saturated rings. The number of nitrogens with zero attached hydrogens (tertiary/aromatic N) is 3. The van der Waals surface area contributed by atoms with Crippen LogP contribution in [0.15, 0.2) is 213 Å². The second-order valence-corrected chi connectivity index (χ2v) is 14.6. The van der Waals surface area contributed by atoms with Crippen LogP contribution >= 0.6 is 0 Å². The Hall–Kier alpha value is -7.62. The number of hydrogen-bond donors (Lipinski definition) is 0. The monoisotopic (exact) mass is 725 g/mol. The Balaban J connectivity index is 1.11. The van der Waals surface area contributed by atoms with Gasteiger partial charge in [-0.2, -0.15) is 0 Å². The highest BCUT2D eigenvalue weighted by Crippen LogP contribution is 2.58. The van der Waals surface area contributed by atoms with E-state index in [1.54, 1.807) is 0 Å². The van der Waals surface area contributed by atoms with Crippen LogP contribution in [0.3, 0.4) is 0 Å². The van der Waals surface area contributed by atoms with Gasteiger partial charge < -0.3 is 4.90 Å². The van der Waals surface area contributed by atoms with Crippen LogP contribution in [0.2, 0.25) is 0 Å². The second-order valence-electron chi connectivity index (χ2n) is 14.6. The van der Waals surface area contributed by atoms with Gasteiger partial charge in [0.05, 0.1) is 11.9 Å². The number of pyridine rings is 2. The van der Waals surface area contributed by atoms with Crippen LogP contribution in [0.25, 0.3) is 88.3 Å². The number of benzene rings is 8. The molecule has 266 valence electrons. The molecule has 2 heterocycles. The van der Waals surface area contributed by atoms with E-state index >= 15 is 0 Å². The normalized spacial score (nSPS) is 11.5. The molecule has 0 saturated heterocycles. The van der Waals surface area contributed by atoms with Gasteiger partial charge in [0.2, 0.25) is 0 Å². The van der Waals surface area contributed by atoms with Gasteiger partial charge in [0.15, 0.2) is 0 Å². The van der Waals surface area contributed by atoms with E-state index in [9.17, 15) is 0 Å². The smallest absolute Gasteiger partial charge is 0.0644 e. The van der Waals surface area contributed by atoms with Crippen LogP contribution in [-0.4, -0.2) is 9.97 Å². The zero-order chi connectivity index (χ0) is 37.7. The molecule has 57 heavy (non-hydrogen) atoms. The Morgan fingerprint density at radius 1 is 0.298 bits per heavy atom. The van der Waals surface area contributed by atoms with E-state index in [4.69, 9.17) is 0 Å². The fourth-order valence-corrected chi connectivity index (χ4v) is 8.94. The minimum atomic E-state index is 0.994. The molecule has 0 aliphatic heterocycles. The highest BCUT2D eigenvalue weighted by atomic mass is 15.1. The van der Waals surface area contributed by atoms with Gasteiger partial charge in [0, 0.05) is 30.0 Å². The molecule has 0 spiro atoms. The second kappa shape index (κ2) is 13.6. The van der Waals surface area contributed by atoms with Crippen molar-refractivity contribution in [2.24, 2.45) is 0 Å². The van der Waals surface area contributed by atoms with Crippen LogP contribution in [0.5, 0.6) is 0 Å². The summed E-state index contributed by atoms with van der Waals surface area (Å²) in [7, 11) is 0. The van der Waals surface area contributed by atoms with E-state index < -0.39 is 0 Å². The molecular formula is C54H35N3. The van der Waals surface area contributed by atoms with Gasteiger partial charge in [-0.15, -0.1) is 0 Å². The van der Waals surface area contributed by atoms with Gasteiger partial charge >= 0.3 is 0 Å². The van der Waals surface area contributed by atoms with Crippen molar-refractivity contribution in [3.05, 3.63) is 213 Å². The molecule has 10 aromatic rings. The van der Waals surface area contributed by atoms with Crippen molar-refractivity contribution < 1.29 is 0 Å². The van der Waals surface area contributed by atoms with Crippen molar-refractivity contribution in [1.29, 1.82) is 0 Å². The molecule has 1 aliphatic rings. The average molecular weight is 726 g/mol. The lowest BCUT2D eigenvalue weighted by atomic mass is 9.82. The number of hydrogen-bond acceptors (Lipinski definition) is 3. The summed E-state index contributed by atoms with van der Waals surface area (Å²) in [5.41, 5.74) is 17.9. The van der Waals surface area contributed by atoms with E-state index in [1.807, 2.05) is 36.9 Å². The highest BCUT2D eigenvalue weighted by molar-refractivity contribution is 6.28. The summed E-state index contributed by atoms with van der Waals surface area (Å²) >= 11 is 0. The molecule has 2 aromatic heterocycles. The zero-order valence-electron chi connectivity index (χ0n) is 31.0. The Bertz CT molecular complexity index is 3000. The van der Waals surface area contributed by atoms with E-state index in [-0.39, 0.29) is 0 Å². The third-order valence-electron chi connectivity index (χ3n) is 11.4. The summed E-state index contributed by atoms with van der Waals surface area (Å²) in [6.07, 6.45) is 7.46. The minimum Gasteiger partial charge on any atom is -0.309 e. The maximum Gasteiger partial charge on any atom is 0.0644 e. The quantitative estimate of drug-likeness (QED) is 0.164. The summed E-state index contributed by atoms with van der Waals surface area (Å²) in [6, 6.07) is 68.1. The van der Waals surface area contributed by atoms with Gasteiger partial charge in [0.25, 0.3) is 0 Å². The van der Waals surface area contributed by atoms with Crippen LogP contribution in [-0.2, 0) is 0 Å². The summed E-state index contributed by atoms with van der Waals surface area (Å²) in [5, 5.41) is 5.08. The lowest BCUT2D eigenvalue weighted by molar-refractivity contribution is 1.23. The summed E-state index contributed by atoms with van der Waals surface area (Å²) in [5.74, 6) is 0. The molecule has 3 heteroatoms. The lowest BCUT2D eigenvalue weighted by Crippen LogP contribution is -2.10.